The third-order valence-electron chi connectivity index (χ3n) is 1.36. The summed E-state index contributed by atoms with van der Waals surface area (Å²) in [5.74, 6) is 0.534. The van der Waals surface area contributed by atoms with E-state index in [4.69, 9.17) is 14.6 Å². The monoisotopic (exact) mass is 223 g/mol. The number of hydrogen-bond acceptors (Lipinski definition) is 5. The van der Waals surface area contributed by atoms with Gasteiger partial charge in [0, 0.05) is 5.38 Å². The second-order valence-electron chi connectivity index (χ2n) is 2.17. The average Bonchev–Trinajstić information content (AvgIpc) is 2.45. The molecule has 0 aromatic carbocycles. The first-order valence-electron chi connectivity index (χ1n) is 3.23. The minimum Gasteiger partial charge on any atom is -0.492 e. The zero-order valence-corrected chi connectivity index (χ0v) is 8.74. The largest absolute Gasteiger partial charge is 0.492 e. The quantitative estimate of drug-likeness (QED) is 0.805. The van der Waals surface area contributed by atoms with Crippen molar-refractivity contribution in [1.82, 2.24) is 0 Å². The van der Waals surface area contributed by atoms with Crippen LogP contribution in [0.5, 0.6) is 11.5 Å². The van der Waals surface area contributed by atoms with Crippen molar-refractivity contribution in [3.63, 3.8) is 0 Å². The van der Waals surface area contributed by atoms with Crippen molar-refractivity contribution in [3.8, 4) is 11.5 Å². The predicted octanol–water partition coefficient (Wildman–Crippen LogP) is 0.413. The van der Waals surface area contributed by atoms with E-state index in [1.54, 1.807) is 0 Å². The SMILES string of the molecule is COc1csc(S(N)(=O)=O)c1OC. The Hall–Kier alpha value is -0.790. The molecule has 5 nitrogen and oxygen atoms in total. The molecular weight excluding hydrogens is 214 g/mol. The molecule has 0 saturated heterocycles. The number of primary sulfonamides is 1. The molecular formula is C6H9NO4S2. The minimum atomic E-state index is -3.72. The van der Waals surface area contributed by atoms with E-state index in [0.717, 1.165) is 11.3 Å². The number of ether oxygens (including phenoxy) is 2. The summed E-state index contributed by atoms with van der Waals surface area (Å²) in [7, 11) is -0.933. The average molecular weight is 223 g/mol. The molecule has 7 heteroatoms. The first-order chi connectivity index (χ1) is 6.00. The summed E-state index contributed by atoms with van der Waals surface area (Å²) < 4.78 is 31.7. The zero-order chi connectivity index (χ0) is 10.1. The van der Waals surface area contributed by atoms with Crippen molar-refractivity contribution in [2.75, 3.05) is 14.2 Å². The highest BCUT2D eigenvalue weighted by Gasteiger charge is 2.21. The van der Waals surface area contributed by atoms with Crippen LogP contribution in [0.2, 0.25) is 0 Å². The first kappa shape index (κ1) is 10.3. The lowest BCUT2D eigenvalue weighted by Gasteiger charge is -2.02. The van der Waals surface area contributed by atoms with Crippen molar-refractivity contribution in [1.29, 1.82) is 0 Å². The highest BCUT2D eigenvalue weighted by Crippen LogP contribution is 2.39. The Bertz CT molecular complexity index is 395. The normalized spacial score (nSPS) is 11.3. The Labute approximate surface area is 80.1 Å². The maximum atomic E-state index is 11.0. The van der Waals surface area contributed by atoms with E-state index >= 15 is 0 Å². The minimum absolute atomic E-state index is 0.0214. The summed E-state index contributed by atoms with van der Waals surface area (Å²) >= 11 is 0.969. The molecule has 2 N–H and O–H groups in total. The highest BCUT2D eigenvalue weighted by molar-refractivity contribution is 7.91. The summed E-state index contributed by atoms with van der Waals surface area (Å²) in [6.45, 7) is 0. The van der Waals surface area contributed by atoms with Gasteiger partial charge in [-0.05, 0) is 0 Å². The van der Waals surface area contributed by atoms with Crippen LogP contribution in [-0.4, -0.2) is 22.6 Å². The molecule has 0 unspecified atom stereocenters. The first-order valence-corrected chi connectivity index (χ1v) is 5.65. The van der Waals surface area contributed by atoms with Crippen molar-refractivity contribution >= 4 is 21.4 Å². The van der Waals surface area contributed by atoms with Gasteiger partial charge in [-0.1, -0.05) is 0 Å². The van der Waals surface area contributed by atoms with E-state index in [0.29, 0.717) is 5.75 Å². The van der Waals surface area contributed by atoms with Gasteiger partial charge in [0.15, 0.2) is 15.7 Å². The van der Waals surface area contributed by atoms with Crippen LogP contribution in [0.3, 0.4) is 0 Å². The Morgan fingerprint density at radius 3 is 2.38 bits per heavy atom. The molecule has 0 atom stereocenters. The molecule has 0 fully saturated rings. The van der Waals surface area contributed by atoms with E-state index in [2.05, 4.69) is 0 Å². The molecule has 0 bridgehead atoms. The predicted molar refractivity (Wildman–Crippen MR) is 48.8 cm³/mol. The molecule has 13 heavy (non-hydrogen) atoms. The molecule has 1 aromatic heterocycles. The maximum absolute atomic E-state index is 11.0. The van der Waals surface area contributed by atoms with Crippen LogP contribution in [0.15, 0.2) is 9.59 Å². The number of methoxy groups -OCH3 is 2. The van der Waals surface area contributed by atoms with Crippen molar-refractivity contribution in [2.45, 2.75) is 4.21 Å². The maximum Gasteiger partial charge on any atom is 0.251 e. The van der Waals surface area contributed by atoms with Crippen LogP contribution in [0.4, 0.5) is 0 Å². The van der Waals surface area contributed by atoms with Gasteiger partial charge >= 0.3 is 0 Å². The lowest BCUT2D eigenvalue weighted by atomic mass is 10.5. The van der Waals surface area contributed by atoms with Gasteiger partial charge in [0.05, 0.1) is 14.2 Å². The Balaban J connectivity index is 3.32. The van der Waals surface area contributed by atoms with Crippen LogP contribution in [0.1, 0.15) is 0 Å². The van der Waals surface area contributed by atoms with E-state index < -0.39 is 10.0 Å². The van der Waals surface area contributed by atoms with Crippen molar-refractivity contribution in [3.05, 3.63) is 5.38 Å². The Morgan fingerprint density at radius 1 is 1.38 bits per heavy atom. The smallest absolute Gasteiger partial charge is 0.251 e. The molecule has 0 aliphatic rings. The summed E-state index contributed by atoms with van der Waals surface area (Å²) in [5.41, 5.74) is 0. The van der Waals surface area contributed by atoms with Gasteiger partial charge < -0.3 is 9.47 Å². The number of rotatable bonds is 3. The zero-order valence-electron chi connectivity index (χ0n) is 7.10. The van der Waals surface area contributed by atoms with Gasteiger partial charge in [-0.15, -0.1) is 11.3 Å². The van der Waals surface area contributed by atoms with Crippen molar-refractivity contribution in [2.24, 2.45) is 5.14 Å². The molecule has 0 aliphatic carbocycles. The summed E-state index contributed by atoms with van der Waals surface area (Å²) in [6, 6.07) is 0. The van der Waals surface area contributed by atoms with Gasteiger partial charge in [0.1, 0.15) is 0 Å². The highest BCUT2D eigenvalue weighted by atomic mass is 32.2. The Morgan fingerprint density at radius 2 is 2.00 bits per heavy atom. The molecule has 0 aliphatic heterocycles. The molecule has 0 radical (unpaired) electrons. The molecule has 1 heterocycles. The van der Waals surface area contributed by atoms with Crippen LogP contribution in [0.25, 0.3) is 0 Å². The third-order valence-corrected chi connectivity index (χ3v) is 3.78. The van der Waals surface area contributed by atoms with Crippen LogP contribution in [0, 0.1) is 0 Å². The van der Waals surface area contributed by atoms with Gasteiger partial charge in [-0.3, -0.25) is 0 Å². The van der Waals surface area contributed by atoms with Crippen LogP contribution >= 0.6 is 11.3 Å². The molecule has 0 spiro atoms. The molecule has 1 aromatic rings. The lowest BCUT2D eigenvalue weighted by Crippen LogP contribution is -2.11. The number of hydrogen-bond donors (Lipinski definition) is 1. The van der Waals surface area contributed by atoms with E-state index in [9.17, 15) is 8.42 Å². The Kier molecular flexibility index (Phi) is 2.79. The summed E-state index contributed by atoms with van der Waals surface area (Å²) in [6.07, 6.45) is 0. The topological polar surface area (TPSA) is 78.6 Å². The van der Waals surface area contributed by atoms with Crippen molar-refractivity contribution < 1.29 is 17.9 Å². The number of nitrogens with two attached hydrogens (primary N) is 1. The van der Waals surface area contributed by atoms with Gasteiger partial charge in [0.2, 0.25) is 0 Å². The standard InChI is InChI=1S/C6H9NO4S2/c1-10-4-3-12-6(5(4)11-2)13(7,8)9/h3H,1-2H3,(H2,7,8,9). The van der Waals surface area contributed by atoms with Gasteiger partial charge in [0.25, 0.3) is 10.0 Å². The summed E-state index contributed by atoms with van der Waals surface area (Å²) in [5, 5.41) is 6.47. The third kappa shape index (κ3) is 1.93. The lowest BCUT2D eigenvalue weighted by molar-refractivity contribution is 0.351. The molecule has 74 valence electrons. The molecule has 0 amide bonds. The van der Waals surface area contributed by atoms with Gasteiger partial charge in [-0.2, -0.15) is 0 Å². The second-order valence-corrected chi connectivity index (χ2v) is 4.81. The molecule has 0 saturated carbocycles. The summed E-state index contributed by atoms with van der Waals surface area (Å²) in [4.78, 5) is 0. The van der Waals surface area contributed by atoms with E-state index in [1.165, 1.54) is 19.6 Å². The fourth-order valence-corrected chi connectivity index (χ4v) is 2.67. The van der Waals surface area contributed by atoms with Crippen LogP contribution < -0.4 is 14.6 Å². The number of sulfonamides is 1. The van der Waals surface area contributed by atoms with Gasteiger partial charge in [-0.25, -0.2) is 13.6 Å². The molecule has 1 rings (SSSR count). The second kappa shape index (κ2) is 3.52. The van der Waals surface area contributed by atoms with E-state index in [1.807, 2.05) is 0 Å². The fourth-order valence-electron chi connectivity index (χ4n) is 0.836. The number of thiophene rings is 1. The van der Waals surface area contributed by atoms with Crippen LogP contribution in [-0.2, 0) is 10.0 Å². The van der Waals surface area contributed by atoms with E-state index in [-0.39, 0.29) is 9.96 Å². The fraction of sp³-hybridized carbons (Fsp3) is 0.333.